The summed E-state index contributed by atoms with van der Waals surface area (Å²) in [5.74, 6) is -0.910. The van der Waals surface area contributed by atoms with Gasteiger partial charge in [-0.25, -0.2) is 9.59 Å². The molecule has 0 aromatic heterocycles. The zero-order valence-corrected chi connectivity index (χ0v) is 29.0. The number of ether oxygens (including phenoxy) is 2. The van der Waals surface area contributed by atoms with Crippen molar-refractivity contribution in [1.29, 1.82) is 0 Å². The monoisotopic (exact) mass is 625 g/mol. The molecule has 0 fully saturated rings. The number of alkyl carbamates (subject to hydrolysis) is 1. The molecule has 0 aliphatic carbocycles. The van der Waals surface area contributed by atoms with Crippen LogP contribution in [-0.4, -0.2) is 48.2 Å². The fourth-order valence-corrected chi connectivity index (χ4v) is 5.36. The minimum Gasteiger partial charge on any atom is -0.456 e. The predicted molar refractivity (Wildman–Crippen MR) is 184 cm³/mol. The number of benzene rings is 2. The highest BCUT2D eigenvalue weighted by molar-refractivity contribution is 6.13. The number of nitrogens with two attached hydrogens (primary N) is 1. The number of esters is 1. The van der Waals surface area contributed by atoms with E-state index >= 15 is 0 Å². The molecule has 2 aromatic carbocycles. The van der Waals surface area contributed by atoms with E-state index in [2.05, 4.69) is 17.6 Å². The topological polar surface area (TPSA) is 120 Å². The van der Waals surface area contributed by atoms with Crippen LogP contribution in [0.5, 0.6) is 0 Å². The molecule has 8 heteroatoms. The summed E-state index contributed by atoms with van der Waals surface area (Å²) in [7, 11) is 0. The first-order chi connectivity index (χ1) is 21.3. The number of amides is 1. The summed E-state index contributed by atoms with van der Waals surface area (Å²) < 4.78 is 11.4. The van der Waals surface area contributed by atoms with Crippen molar-refractivity contribution in [2.75, 3.05) is 13.1 Å². The van der Waals surface area contributed by atoms with Crippen LogP contribution in [0.4, 0.5) is 4.79 Å². The van der Waals surface area contributed by atoms with E-state index in [1.54, 1.807) is 26.8 Å². The SMILES string of the molecule is CCCCCCCCCCNCc1c(C(=O)OC(C)(C)C)c(C(=O)[C@H](CCCCN)NC(=O)OC(C)(C)C)cc2ccccc12. The molecule has 0 aliphatic rings. The van der Waals surface area contributed by atoms with Gasteiger partial charge in [-0.1, -0.05) is 76.1 Å². The lowest BCUT2D eigenvalue weighted by atomic mass is 9.88. The van der Waals surface area contributed by atoms with Crippen molar-refractivity contribution in [3.63, 3.8) is 0 Å². The molecule has 0 saturated heterocycles. The van der Waals surface area contributed by atoms with Gasteiger partial charge in [0.1, 0.15) is 11.2 Å². The van der Waals surface area contributed by atoms with E-state index in [-0.39, 0.29) is 16.9 Å². The summed E-state index contributed by atoms with van der Waals surface area (Å²) in [5.41, 5.74) is 5.45. The third-order valence-corrected chi connectivity index (χ3v) is 7.49. The highest BCUT2D eigenvalue weighted by atomic mass is 16.6. The van der Waals surface area contributed by atoms with Crippen molar-refractivity contribution in [1.82, 2.24) is 10.6 Å². The molecule has 8 nitrogen and oxygen atoms in total. The Morgan fingerprint density at radius 1 is 0.822 bits per heavy atom. The highest BCUT2D eigenvalue weighted by Crippen LogP contribution is 2.30. The van der Waals surface area contributed by atoms with Gasteiger partial charge in [0.25, 0.3) is 0 Å². The minimum atomic E-state index is -0.896. The second kappa shape index (κ2) is 18.9. The lowest BCUT2D eigenvalue weighted by molar-refractivity contribution is 0.00664. The molecular weight excluding hydrogens is 566 g/mol. The fraction of sp³-hybridized carbons (Fsp3) is 0.649. The number of hydrogen-bond donors (Lipinski definition) is 3. The molecule has 0 unspecified atom stereocenters. The third-order valence-electron chi connectivity index (χ3n) is 7.49. The summed E-state index contributed by atoms with van der Waals surface area (Å²) in [6, 6.07) is 8.63. The number of fused-ring (bicyclic) bond motifs is 1. The molecule has 4 N–H and O–H groups in total. The van der Waals surface area contributed by atoms with Crippen LogP contribution in [0.2, 0.25) is 0 Å². The maximum Gasteiger partial charge on any atom is 0.408 e. The molecule has 0 heterocycles. The molecule has 0 radical (unpaired) electrons. The maximum absolute atomic E-state index is 14.3. The second-order valence-electron chi connectivity index (χ2n) is 14.0. The van der Waals surface area contributed by atoms with Crippen LogP contribution >= 0.6 is 0 Å². The van der Waals surface area contributed by atoms with Crippen LogP contribution in [0.1, 0.15) is 145 Å². The van der Waals surface area contributed by atoms with Gasteiger partial charge in [0.15, 0.2) is 5.78 Å². The lowest BCUT2D eigenvalue weighted by Crippen LogP contribution is -2.44. The van der Waals surface area contributed by atoms with Crippen molar-refractivity contribution in [3.05, 3.63) is 47.0 Å². The highest BCUT2D eigenvalue weighted by Gasteiger charge is 2.32. The average molecular weight is 626 g/mol. The number of nitrogens with one attached hydrogen (secondary N) is 2. The van der Waals surface area contributed by atoms with Crippen LogP contribution in [0.3, 0.4) is 0 Å². The summed E-state index contributed by atoms with van der Waals surface area (Å²) in [5, 5.41) is 8.05. The Morgan fingerprint density at radius 3 is 2.07 bits per heavy atom. The molecule has 1 atom stereocenters. The Labute approximate surface area is 271 Å². The van der Waals surface area contributed by atoms with E-state index in [9.17, 15) is 14.4 Å². The molecule has 0 bridgehead atoms. The number of Topliss-reactive ketones (excluding diaryl/α,β-unsaturated/α-hetero) is 1. The first-order valence-corrected chi connectivity index (χ1v) is 17.0. The van der Waals surface area contributed by atoms with Gasteiger partial charge in [0.05, 0.1) is 11.6 Å². The van der Waals surface area contributed by atoms with E-state index < -0.39 is 29.3 Å². The summed E-state index contributed by atoms with van der Waals surface area (Å²) in [4.78, 5) is 41.1. The molecule has 1 amide bonds. The average Bonchev–Trinajstić information content (AvgIpc) is 2.95. The Hall–Kier alpha value is -2.97. The first kappa shape index (κ1) is 38.2. The number of hydrogen-bond acceptors (Lipinski definition) is 7. The first-order valence-electron chi connectivity index (χ1n) is 17.0. The smallest absolute Gasteiger partial charge is 0.408 e. The van der Waals surface area contributed by atoms with Gasteiger partial charge >= 0.3 is 12.1 Å². The Morgan fingerprint density at radius 2 is 1.44 bits per heavy atom. The molecule has 2 rings (SSSR count). The molecular formula is C37H59N3O5. The summed E-state index contributed by atoms with van der Waals surface area (Å²) in [6.07, 6.45) is 10.9. The largest absolute Gasteiger partial charge is 0.456 e. The Balaban J connectivity index is 2.45. The van der Waals surface area contributed by atoms with Crippen molar-refractivity contribution in [2.45, 2.75) is 143 Å². The van der Waals surface area contributed by atoms with E-state index in [0.29, 0.717) is 32.4 Å². The quantitative estimate of drug-likeness (QED) is 0.0817. The van der Waals surface area contributed by atoms with Gasteiger partial charge in [-0.15, -0.1) is 0 Å². The van der Waals surface area contributed by atoms with Gasteiger partial charge in [-0.2, -0.15) is 0 Å². The standard InChI is InChI=1S/C37H59N3O5/c1-8-9-10-11-12-13-14-19-24-39-26-30-28-21-16-15-20-27(28)25-29(32(30)34(42)44-36(2,3)4)33(41)31(22-17-18-23-38)40-35(43)45-37(5,6)7/h15-16,20-21,25,31,39H,8-14,17-19,22-24,26,38H2,1-7H3,(H,40,43)/t31-/m0/s1. The van der Waals surface area contributed by atoms with Gasteiger partial charge in [-0.05, 0) is 103 Å². The lowest BCUT2D eigenvalue weighted by Gasteiger charge is -2.26. The minimum absolute atomic E-state index is 0.237. The van der Waals surface area contributed by atoms with E-state index in [4.69, 9.17) is 15.2 Å². The van der Waals surface area contributed by atoms with Crippen molar-refractivity contribution < 1.29 is 23.9 Å². The van der Waals surface area contributed by atoms with Gasteiger partial charge in [-0.3, -0.25) is 4.79 Å². The predicted octanol–water partition coefficient (Wildman–Crippen LogP) is 8.23. The van der Waals surface area contributed by atoms with Crippen LogP contribution in [0.25, 0.3) is 10.8 Å². The zero-order valence-electron chi connectivity index (χ0n) is 29.0. The normalized spacial score (nSPS) is 12.6. The van der Waals surface area contributed by atoms with Gasteiger partial charge in [0.2, 0.25) is 0 Å². The van der Waals surface area contributed by atoms with Crippen LogP contribution in [0, 0.1) is 0 Å². The summed E-state index contributed by atoms with van der Waals surface area (Å²) in [6.45, 7) is 14.7. The second-order valence-corrected chi connectivity index (χ2v) is 14.0. The number of ketones is 1. The number of carbonyl (C=O) groups excluding carboxylic acids is 3. The number of unbranched alkanes of at least 4 members (excludes halogenated alkanes) is 8. The van der Waals surface area contributed by atoms with Crippen molar-refractivity contribution in [3.8, 4) is 0 Å². The molecule has 2 aromatic rings. The third kappa shape index (κ3) is 13.9. The summed E-state index contributed by atoms with van der Waals surface area (Å²) >= 11 is 0. The van der Waals surface area contributed by atoms with Crippen LogP contribution in [-0.2, 0) is 16.0 Å². The molecule has 0 spiro atoms. The van der Waals surface area contributed by atoms with Gasteiger partial charge in [0, 0.05) is 12.1 Å². The molecule has 0 saturated carbocycles. The van der Waals surface area contributed by atoms with E-state index in [1.165, 1.54) is 38.5 Å². The maximum atomic E-state index is 14.3. The van der Waals surface area contributed by atoms with E-state index in [1.807, 2.05) is 45.0 Å². The molecule has 252 valence electrons. The van der Waals surface area contributed by atoms with Crippen LogP contribution in [0.15, 0.2) is 30.3 Å². The van der Waals surface area contributed by atoms with Crippen molar-refractivity contribution in [2.24, 2.45) is 5.73 Å². The van der Waals surface area contributed by atoms with Crippen LogP contribution < -0.4 is 16.4 Å². The Bertz CT molecular complexity index is 1230. The number of rotatable bonds is 19. The number of carbonyl (C=O) groups is 3. The molecule has 45 heavy (non-hydrogen) atoms. The zero-order chi connectivity index (χ0) is 33.5. The van der Waals surface area contributed by atoms with E-state index in [0.717, 1.165) is 35.7 Å². The van der Waals surface area contributed by atoms with Crippen molar-refractivity contribution >= 4 is 28.6 Å². The fourth-order valence-electron chi connectivity index (χ4n) is 5.36. The Kier molecular flexibility index (Phi) is 16.0. The van der Waals surface area contributed by atoms with Gasteiger partial charge < -0.3 is 25.8 Å². The molecule has 0 aliphatic heterocycles.